The zero-order valence-electron chi connectivity index (χ0n) is 8.95. The predicted octanol–water partition coefficient (Wildman–Crippen LogP) is 1.70. The topological polar surface area (TPSA) is 90.6 Å². The van der Waals surface area contributed by atoms with Gasteiger partial charge in [0.1, 0.15) is 16.5 Å². The highest BCUT2D eigenvalue weighted by atomic mass is 32.1. The summed E-state index contributed by atoms with van der Waals surface area (Å²) in [6.45, 7) is 1.85. The van der Waals surface area contributed by atoms with Gasteiger partial charge >= 0.3 is 0 Å². The Labute approximate surface area is 101 Å². The van der Waals surface area contributed by atoms with E-state index >= 15 is 0 Å². The van der Waals surface area contributed by atoms with E-state index in [4.69, 9.17) is 5.11 Å². The molecule has 0 saturated carbocycles. The van der Waals surface area contributed by atoms with E-state index < -0.39 is 0 Å². The third kappa shape index (κ3) is 2.91. The van der Waals surface area contributed by atoms with Crippen LogP contribution in [0.4, 0.5) is 5.13 Å². The van der Waals surface area contributed by atoms with Crippen LogP contribution in [-0.4, -0.2) is 26.6 Å². The lowest BCUT2D eigenvalue weighted by molar-refractivity contribution is 0.450. The number of rotatable bonds is 3. The van der Waals surface area contributed by atoms with E-state index in [0.29, 0.717) is 10.7 Å². The molecule has 1 aromatic carbocycles. The fourth-order valence-corrected chi connectivity index (χ4v) is 1.68. The SMILES string of the molecule is Cc1nnc(N/N=C/c2ccc(O)cc2O)s1. The number of aromatic hydroxyl groups is 2. The van der Waals surface area contributed by atoms with Gasteiger partial charge in [-0.15, -0.1) is 10.2 Å². The molecule has 0 radical (unpaired) electrons. The fourth-order valence-electron chi connectivity index (χ4n) is 1.14. The van der Waals surface area contributed by atoms with Crippen molar-refractivity contribution in [3.05, 3.63) is 28.8 Å². The maximum Gasteiger partial charge on any atom is 0.225 e. The summed E-state index contributed by atoms with van der Waals surface area (Å²) >= 11 is 1.38. The molecule has 0 spiro atoms. The molecule has 0 unspecified atom stereocenters. The van der Waals surface area contributed by atoms with Gasteiger partial charge < -0.3 is 10.2 Å². The third-order valence-corrected chi connectivity index (χ3v) is 2.65. The second kappa shape index (κ2) is 4.79. The maximum absolute atomic E-state index is 9.49. The normalized spacial score (nSPS) is 10.9. The van der Waals surface area contributed by atoms with Crippen LogP contribution < -0.4 is 5.43 Å². The van der Waals surface area contributed by atoms with Gasteiger partial charge in [-0.1, -0.05) is 11.3 Å². The molecule has 0 aliphatic heterocycles. The van der Waals surface area contributed by atoms with Gasteiger partial charge in [-0.25, -0.2) is 0 Å². The first kappa shape index (κ1) is 11.3. The van der Waals surface area contributed by atoms with Crippen molar-refractivity contribution in [1.82, 2.24) is 10.2 Å². The average Bonchev–Trinajstić information content (AvgIpc) is 2.68. The minimum Gasteiger partial charge on any atom is -0.508 e. The van der Waals surface area contributed by atoms with Gasteiger partial charge in [0.2, 0.25) is 5.13 Å². The van der Waals surface area contributed by atoms with Gasteiger partial charge in [-0.2, -0.15) is 5.10 Å². The Kier molecular flexibility index (Phi) is 3.20. The molecule has 0 saturated heterocycles. The fraction of sp³-hybridized carbons (Fsp3) is 0.100. The molecule has 2 rings (SSSR count). The van der Waals surface area contributed by atoms with Crippen molar-refractivity contribution in [2.75, 3.05) is 5.43 Å². The lowest BCUT2D eigenvalue weighted by Crippen LogP contribution is -1.90. The molecular weight excluding hydrogens is 240 g/mol. The van der Waals surface area contributed by atoms with E-state index in [2.05, 4.69) is 20.7 Å². The zero-order valence-corrected chi connectivity index (χ0v) is 9.77. The van der Waals surface area contributed by atoms with Crippen LogP contribution in [-0.2, 0) is 0 Å². The third-order valence-electron chi connectivity index (χ3n) is 1.90. The Bertz CT molecular complexity index is 553. The van der Waals surface area contributed by atoms with Crippen LogP contribution in [0.2, 0.25) is 0 Å². The number of anilines is 1. The quantitative estimate of drug-likeness (QED) is 0.569. The Balaban J connectivity index is 2.05. The molecule has 3 N–H and O–H groups in total. The van der Waals surface area contributed by atoms with Crippen LogP contribution in [0.25, 0.3) is 0 Å². The van der Waals surface area contributed by atoms with E-state index in [0.717, 1.165) is 5.01 Å². The summed E-state index contributed by atoms with van der Waals surface area (Å²) in [5.41, 5.74) is 3.19. The molecule has 0 atom stereocenters. The van der Waals surface area contributed by atoms with Gasteiger partial charge in [-0.3, -0.25) is 5.43 Å². The molecule has 0 aliphatic carbocycles. The summed E-state index contributed by atoms with van der Waals surface area (Å²) in [6.07, 6.45) is 1.44. The number of nitrogens with zero attached hydrogens (tertiary/aromatic N) is 3. The minimum atomic E-state index is -0.0380. The second-order valence-electron chi connectivity index (χ2n) is 3.24. The largest absolute Gasteiger partial charge is 0.508 e. The minimum absolute atomic E-state index is 0.00681. The van der Waals surface area contributed by atoms with Gasteiger partial charge in [0, 0.05) is 11.6 Å². The van der Waals surface area contributed by atoms with E-state index in [-0.39, 0.29) is 11.5 Å². The molecule has 0 aliphatic rings. The number of benzene rings is 1. The molecule has 0 amide bonds. The molecular formula is C10H10N4O2S. The summed E-state index contributed by atoms with van der Waals surface area (Å²) in [5.74, 6) is -0.0312. The molecule has 2 aromatic rings. The van der Waals surface area contributed by atoms with Crippen molar-refractivity contribution in [1.29, 1.82) is 0 Å². The summed E-state index contributed by atoms with van der Waals surface area (Å²) in [6, 6.07) is 4.27. The molecule has 17 heavy (non-hydrogen) atoms. The second-order valence-corrected chi connectivity index (χ2v) is 4.42. The number of hydrazone groups is 1. The predicted molar refractivity (Wildman–Crippen MR) is 65.6 cm³/mol. The highest BCUT2D eigenvalue weighted by Crippen LogP contribution is 2.21. The highest BCUT2D eigenvalue weighted by molar-refractivity contribution is 7.15. The lowest BCUT2D eigenvalue weighted by atomic mass is 10.2. The molecule has 1 aromatic heterocycles. The zero-order chi connectivity index (χ0) is 12.3. The monoisotopic (exact) mass is 250 g/mol. The summed E-state index contributed by atoms with van der Waals surface area (Å²) in [5, 5.41) is 31.6. The van der Waals surface area contributed by atoms with Crippen molar-refractivity contribution in [2.24, 2.45) is 5.10 Å². The van der Waals surface area contributed by atoms with E-state index in [1.807, 2.05) is 6.92 Å². The number of phenolic OH excluding ortho intramolecular Hbond substituents is 2. The van der Waals surface area contributed by atoms with Crippen LogP contribution in [0.15, 0.2) is 23.3 Å². The van der Waals surface area contributed by atoms with Crippen LogP contribution in [0.3, 0.4) is 0 Å². The standard InChI is InChI=1S/C10H10N4O2S/c1-6-12-14-10(17-6)13-11-5-7-2-3-8(15)4-9(7)16/h2-5,15-16H,1H3,(H,13,14)/b11-5+. The molecule has 6 nitrogen and oxygen atoms in total. The Morgan fingerprint density at radius 3 is 2.82 bits per heavy atom. The highest BCUT2D eigenvalue weighted by Gasteiger charge is 2.00. The maximum atomic E-state index is 9.49. The van der Waals surface area contributed by atoms with Crippen LogP contribution in [0, 0.1) is 6.92 Å². The number of aromatic nitrogens is 2. The Morgan fingerprint density at radius 2 is 2.18 bits per heavy atom. The summed E-state index contributed by atoms with van der Waals surface area (Å²) in [7, 11) is 0. The smallest absolute Gasteiger partial charge is 0.225 e. The van der Waals surface area contributed by atoms with Crippen molar-refractivity contribution in [3.8, 4) is 11.5 Å². The van der Waals surface area contributed by atoms with Crippen molar-refractivity contribution < 1.29 is 10.2 Å². The first-order chi connectivity index (χ1) is 8.15. The summed E-state index contributed by atoms with van der Waals surface area (Å²) < 4.78 is 0. The van der Waals surface area contributed by atoms with E-state index in [1.54, 1.807) is 6.07 Å². The number of nitrogens with one attached hydrogen (secondary N) is 1. The van der Waals surface area contributed by atoms with Crippen LogP contribution in [0.5, 0.6) is 11.5 Å². The van der Waals surface area contributed by atoms with Crippen molar-refractivity contribution in [2.45, 2.75) is 6.92 Å². The van der Waals surface area contributed by atoms with Gasteiger partial charge in [-0.05, 0) is 19.1 Å². The molecule has 0 bridgehead atoms. The number of aryl methyl sites for hydroxylation is 1. The van der Waals surface area contributed by atoms with Crippen molar-refractivity contribution in [3.63, 3.8) is 0 Å². The molecule has 7 heteroatoms. The lowest BCUT2D eigenvalue weighted by Gasteiger charge is -1.98. The van der Waals surface area contributed by atoms with Crippen LogP contribution in [0.1, 0.15) is 10.6 Å². The first-order valence-electron chi connectivity index (χ1n) is 4.76. The molecule has 1 heterocycles. The Morgan fingerprint density at radius 1 is 1.35 bits per heavy atom. The number of hydrogen-bond acceptors (Lipinski definition) is 7. The molecule has 0 fully saturated rings. The van der Waals surface area contributed by atoms with Gasteiger partial charge in [0.25, 0.3) is 0 Å². The average molecular weight is 250 g/mol. The number of hydrogen-bond donors (Lipinski definition) is 3. The Hall–Kier alpha value is -2.15. The van der Waals surface area contributed by atoms with E-state index in [1.165, 1.54) is 29.7 Å². The first-order valence-corrected chi connectivity index (χ1v) is 5.58. The van der Waals surface area contributed by atoms with Gasteiger partial charge in [0.05, 0.1) is 6.21 Å². The van der Waals surface area contributed by atoms with E-state index in [9.17, 15) is 5.11 Å². The molecule has 88 valence electrons. The van der Waals surface area contributed by atoms with Gasteiger partial charge in [0.15, 0.2) is 0 Å². The van der Waals surface area contributed by atoms with Crippen LogP contribution >= 0.6 is 11.3 Å². The number of phenols is 2. The van der Waals surface area contributed by atoms with Crippen molar-refractivity contribution >= 4 is 22.7 Å². The summed E-state index contributed by atoms with van der Waals surface area (Å²) in [4.78, 5) is 0.